The lowest BCUT2D eigenvalue weighted by molar-refractivity contribution is 0.597. The molecule has 0 fully saturated rings. The zero-order valence-corrected chi connectivity index (χ0v) is 11.0. The number of thioether (sulfide) groups is 1. The molecule has 0 aliphatic carbocycles. The highest BCUT2D eigenvalue weighted by Crippen LogP contribution is 2.21. The van der Waals surface area contributed by atoms with Crippen molar-refractivity contribution in [2.75, 3.05) is 11.5 Å². The Morgan fingerprint density at radius 2 is 2.25 bits per heavy atom. The Labute approximate surface area is 106 Å². The maximum atomic E-state index is 13.5. The molecule has 0 aromatic heterocycles. The number of hydrogen-bond acceptors (Lipinski definition) is 2. The van der Waals surface area contributed by atoms with E-state index < -0.39 is 0 Å². The molecule has 0 heterocycles. The molecule has 1 rings (SSSR count). The van der Waals surface area contributed by atoms with Gasteiger partial charge in [0.15, 0.2) is 0 Å². The van der Waals surface area contributed by atoms with Crippen LogP contribution in [0.5, 0.6) is 0 Å². The second kappa shape index (κ2) is 7.15. The quantitative estimate of drug-likeness (QED) is 0.794. The zero-order valence-electron chi connectivity index (χ0n) is 9.38. The van der Waals surface area contributed by atoms with Crippen molar-refractivity contribution in [3.05, 3.63) is 34.6 Å². The molecule has 2 N–H and O–H groups in total. The van der Waals surface area contributed by atoms with Gasteiger partial charge in [-0.3, -0.25) is 0 Å². The molecular weight excluding hydrogens is 245 g/mol. The van der Waals surface area contributed by atoms with E-state index in [0.29, 0.717) is 17.0 Å². The first-order valence-corrected chi connectivity index (χ1v) is 6.94. The van der Waals surface area contributed by atoms with Crippen LogP contribution in [-0.2, 0) is 6.42 Å². The van der Waals surface area contributed by atoms with Gasteiger partial charge in [0.05, 0.1) is 0 Å². The minimum absolute atomic E-state index is 0.0362. The molecule has 16 heavy (non-hydrogen) atoms. The highest BCUT2D eigenvalue weighted by Gasteiger charge is 2.11. The molecular formula is C12H17ClFNS. The number of rotatable bonds is 6. The lowest BCUT2D eigenvalue weighted by Gasteiger charge is -2.12. The smallest absolute Gasteiger partial charge is 0.127 e. The summed E-state index contributed by atoms with van der Waals surface area (Å²) in [5.41, 5.74) is 6.47. The first-order chi connectivity index (χ1) is 7.65. The largest absolute Gasteiger partial charge is 0.327 e. The Balaban J connectivity index is 2.52. The van der Waals surface area contributed by atoms with E-state index in [4.69, 9.17) is 17.3 Å². The summed E-state index contributed by atoms with van der Waals surface area (Å²) in [6, 6.07) is 4.70. The summed E-state index contributed by atoms with van der Waals surface area (Å²) in [5.74, 6) is 1.68. The van der Waals surface area contributed by atoms with E-state index in [1.54, 1.807) is 23.9 Å². The number of hydrogen-bond donors (Lipinski definition) is 1. The summed E-state index contributed by atoms with van der Waals surface area (Å²) in [4.78, 5) is 0. The predicted molar refractivity (Wildman–Crippen MR) is 70.7 cm³/mol. The highest BCUT2D eigenvalue weighted by atomic mass is 35.5. The molecule has 0 aliphatic heterocycles. The van der Waals surface area contributed by atoms with Crippen molar-refractivity contribution in [2.24, 2.45) is 5.73 Å². The van der Waals surface area contributed by atoms with Crippen LogP contribution in [0.15, 0.2) is 18.2 Å². The summed E-state index contributed by atoms with van der Waals surface area (Å²) < 4.78 is 13.5. The van der Waals surface area contributed by atoms with Crippen LogP contribution in [0.2, 0.25) is 5.02 Å². The van der Waals surface area contributed by atoms with Crippen molar-refractivity contribution in [2.45, 2.75) is 25.8 Å². The number of benzene rings is 1. The Morgan fingerprint density at radius 3 is 2.88 bits per heavy atom. The third kappa shape index (κ3) is 4.32. The summed E-state index contributed by atoms with van der Waals surface area (Å²) in [5, 5.41) is 0.468. The molecule has 1 atom stereocenters. The molecule has 0 saturated carbocycles. The summed E-state index contributed by atoms with van der Waals surface area (Å²) in [7, 11) is 0. The van der Waals surface area contributed by atoms with E-state index in [9.17, 15) is 4.39 Å². The summed E-state index contributed by atoms with van der Waals surface area (Å²) >= 11 is 7.73. The van der Waals surface area contributed by atoms with E-state index in [-0.39, 0.29) is 11.9 Å². The van der Waals surface area contributed by atoms with E-state index >= 15 is 0 Å². The van der Waals surface area contributed by atoms with Gasteiger partial charge in [0.25, 0.3) is 0 Å². The maximum absolute atomic E-state index is 13.5. The van der Waals surface area contributed by atoms with Crippen molar-refractivity contribution in [3.63, 3.8) is 0 Å². The summed E-state index contributed by atoms with van der Waals surface area (Å²) in [6.07, 6.45) is 1.64. The van der Waals surface area contributed by atoms with Crippen LogP contribution in [-0.4, -0.2) is 17.5 Å². The van der Waals surface area contributed by atoms with Gasteiger partial charge in [-0.05, 0) is 30.7 Å². The summed E-state index contributed by atoms with van der Waals surface area (Å²) in [6.45, 7) is 2.13. The van der Waals surface area contributed by atoms with Gasteiger partial charge in [-0.25, -0.2) is 4.39 Å². The standard InChI is InChI=1S/C12H17ClFNS/c1-2-6-16-8-9(15)7-10-11(13)4-3-5-12(10)14/h3-5,9H,2,6-8,15H2,1H3. The highest BCUT2D eigenvalue weighted by molar-refractivity contribution is 7.99. The molecule has 0 spiro atoms. The van der Waals surface area contributed by atoms with Gasteiger partial charge in [-0.1, -0.05) is 24.6 Å². The second-order valence-electron chi connectivity index (χ2n) is 3.74. The average Bonchev–Trinajstić information content (AvgIpc) is 2.24. The molecule has 1 unspecified atom stereocenters. The Bertz CT molecular complexity index is 313. The molecule has 0 radical (unpaired) electrons. The van der Waals surface area contributed by atoms with Gasteiger partial charge in [0.2, 0.25) is 0 Å². The Kier molecular flexibility index (Phi) is 6.17. The van der Waals surface area contributed by atoms with Gasteiger partial charge < -0.3 is 5.73 Å². The van der Waals surface area contributed by atoms with Crippen LogP contribution in [0.4, 0.5) is 4.39 Å². The number of halogens is 2. The lowest BCUT2D eigenvalue weighted by Crippen LogP contribution is -2.26. The molecule has 90 valence electrons. The van der Waals surface area contributed by atoms with Gasteiger partial charge in [0.1, 0.15) is 5.82 Å². The van der Waals surface area contributed by atoms with E-state index in [2.05, 4.69) is 6.92 Å². The molecule has 0 amide bonds. The molecule has 1 nitrogen and oxygen atoms in total. The molecule has 1 aromatic rings. The second-order valence-corrected chi connectivity index (χ2v) is 5.30. The SMILES string of the molecule is CCCSCC(N)Cc1c(F)cccc1Cl. The normalized spacial score (nSPS) is 12.8. The van der Waals surface area contributed by atoms with Crippen molar-refractivity contribution >= 4 is 23.4 Å². The van der Waals surface area contributed by atoms with Gasteiger partial charge in [-0.2, -0.15) is 11.8 Å². The van der Waals surface area contributed by atoms with Crippen LogP contribution in [0.1, 0.15) is 18.9 Å². The minimum atomic E-state index is -0.261. The maximum Gasteiger partial charge on any atom is 0.127 e. The van der Waals surface area contributed by atoms with Crippen LogP contribution in [0.3, 0.4) is 0 Å². The minimum Gasteiger partial charge on any atom is -0.327 e. The Hall–Kier alpha value is -0.250. The van der Waals surface area contributed by atoms with Gasteiger partial charge >= 0.3 is 0 Å². The first-order valence-electron chi connectivity index (χ1n) is 5.41. The monoisotopic (exact) mass is 261 g/mol. The van der Waals surface area contributed by atoms with Crippen molar-refractivity contribution in [1.82, 2.24) is 0 Å². The average molecular weight is 262 g/mol. The third-order valence-corrected chi connectivity index (χ3v) is 3.92. The molecule has 4 heteroatoms. The van der Waals surface area contributed by atoms with Crippen LogP contribution >= 0.6 is 23.4 Å². The first kappa shape index (κ1) is 13.8. The predicted octanol–water partition coefficient (Wildman–Crippen LogP) is 3.49. The molecule has 1 aromatic carbocycles. The van der Waals surface area contributed by atoms with Crippen LogP contribution in [0.25, 0.3) is 0 Å². The van der Waals surface area contributed by atoms with Gasteiger partial charge in [0, 0.05) is 22.4 Å². The number of nitrogens with two attached hydrogens (primary N) is 1. The van der Waals surface area contributed by atoms with Crippen molar-refractivity contribution < 1.29 is 4.39 Å². The van der Waals surface area contributed by atoms with Crippen LogP contribution < -0.4 is 5.73 Å². The molecule has 0 aliphatic rings. The fourth-order valence-electron chi connectivity index (χ4n) is 1.43. The molecule has 0 saturated heterocycles. The zero-order chi connectivity index (χ0) is 12.0. The lowest BCUT2D eigenvalue weighted by atomic mass is 10.1. The van der Waals surface area contributed by atoms with Crippen LogP contribution in [0, 0.1) is 5.82 Å². The third-order valence-electron chi connectivity index (χ3n) is 2.21. The Morgan fingerprint density at radius 1 is 1.50 bits per heavy atom. The fraction of sp³-hybridized carbons (Fsp3) is 0.500. The van der Waals surface area contributed by atoms with Crippen molar-refractivity contribution in [1.29, 1.82) is 0 Å². The van der Waals surface area contributed by atoms with Crippen molar-refractivity contribution in [3.8, 4) is 0 Å². The van der Waals surface area contributed by atoms with Gasteiger partial charge in [-0.15, -0.1) is 0 Å². The molecule has 0 bridgehead atoms. The topological polar surface area (TPSA) is 26.0 Å². The van der Waals surface area contributed by atoms with E-state index in [0.717, 1.165) is 17.9 Å². The fourth-order valence-corrected chi connectivity index (χ4v) is 2.54. The van der Waals surface area contributed by atoms with E-state index in [1.165, 1.54) is 6.07 Å². The van der Waals surface area contributed by atoms with E-state index in [1.807, 2.05) is 0 Å².